The second-order valence-electron chi connectivity index (χ2n) is 6.41. The average molecular weight is 373 g/mol. The summed E-state index contributed by atoms with van der Waals surface area (Å²) < 4.78 is 0. The number of carbonyl (C=O) groups excluding carboxylic acids is 1. The smallest absolute Gasteiger partial charge is 0.159 e. The van der Waals surface area contributed by atoms with Crippen molar-refractivity contribution in [3.8, 4) is 0 Å². The van der Waals surface area contributed by atoms with Crippen molar-refractivity contribution in [2.45, 2.75) is 13.8 Å². The first kappa shape index (κ1) is 17.2. The van der Waals surface area contributed by atoms with Gasteiger partial charge >= 0.3 is 0 Å². The van der Waals surface area contributed by atoms with Crippen LogP contribution in [-0.2, 0) is 0 Å². The minimum atomic E-state index is 0.0597. The number of nitrogens with zero attached hydrogens (tertiary/aromatic N) is 1. The fraction of sp³-hybridized carbons (Fsp3) is 0.0909. The lowest BCUT2D eigenvalue weighted by molar-refractivity contribution is 0.101. The molecule has 4 rings (SSSR count). The van der Waals surface area contributed by atoms with Gasteiger partial charge in [-0.25, -0.2) is 4.98 Å². The van der Waals surface area contributed by atoms with Gasteiger partial charge in [-0.15, -0.1) is 0 Å². The Morgan fingerprint density at radius 2 is 1.74 bits per heavy atom. The Morgan fingerprint density at radius 1 is 0.926 bits per heavy atom. The van der Waals surface area contributed by atoms with E-state index >= 15 is 0 Å². The predicted molar refractivity (Wildman–Crippen MR) is 114 cm³/mol. The molecule has 2 N–H and O–H groups in total. The first-order valence-corrected chi connectivity index (χ1v) is 9.61. The molecular formula is C22H19N3OS. The zero-order valence-corrected chi connectivity index (χ0v) is 15.9. The van der Waals surface area contributed by atoms with E-state index in [9.17, 15) is 4.79 Å². The Balaban J connectivity index is 1.72. The van der Waals surface area contributed by atoms with Gasteiger partial charge in [0.05, 0.1) is 0 Å². The number of thiophene rings is 1. The number of ketones is 1. The molecule has 0 bridgehead atoms. The molecule has 0 saturated carbocycles. The highest BCUT2D eigenvalue weighted by molar-refractivity contribution is 7.08. The molecule has 0 aliphatic heterocycles. The van der Waals surface area contributed by atoms with Crippen LogP contribution >= 0.6 is 11.3 Å². The second kappa shape index (κ2) is 7.21. The maximum atomic E-state index is 11.5. The fourth-order valence-electron chi connectivity index (χ4n) is 3.03. The summed E-state index contributed by atoms with van der Waals surface area (Å²) in [4.78, 5) is 16.0. The number of carbonyl (C=O) groups is 1. The SMILES string of the molecule is CC(=O)c1ccc(Nc2nccc3c(Nc4ccsc4)c(C)ccc23)cc1. The summed E-state index contributed by atoms with van der Waals surface area (Å²) in [6, 6.07) is 15.7. The van der Waals surface area contributed by atoms with Crippen LogP contribution < -0.4 is 10.6 Å². The van der Waals surface area contributed by atoms with Crippen LogP contribution in [-0.4, -0.2) is 10.8 Å². The Hall–Kier alpha value is -3.18. The number of rotatable bonds is 5. The third kappa shape index (κ3) is 3.55. The largest absolute Gasteiger partial charge is 0.354 e. The van der Waals surface area contributed by atoms with Gasteiger partial charge < -0.3 is 10.6 Å². The fourth-order valence-corrected chi connectivity index (χ4v) is 3.62. The molecule has 0 atom stereocenters. The van der Waals surface area contributed by atoms with Crippen LogP contribution in [0.4, 0.5) is 22.9 Å². The van der Waals surface area contributed by atoms with E-state index in [1.54, 1.807) is 18.3 Å². The summed E-state index contributed by atoms with van der Waals surface area (Å²) in [5.41, 5.74) is 4.94. The van der Waals surface area contributed by atoms with E-state index in [4.69, 9.17) is 0 Å². The molecule has 0 unspecified atom stereocenters. The van der Waals surface area contributed by atoms with E-state index in [1.807, 2.05) is 36.5 Å². The minimum Gasteiger partial charge on any atom is -0.354 e. The van der Waals surface area contributed by atoms with Crippen molar-refractivity contribution >= 4 is 50.8 Å². The highest BCUT2D eigenvalue weighted by Crippen LogP contribution is 2.34. The van der Waals surface area contributed by atoms with Crippen molar-refractivity contribution in [3.05, 3.63) is 76.6 Å². The van der Waals surface area contributed by atoms with Crippen LogP contribution in [0, 0.1) is 6.92 Å². The molecule has 4 aromatic rings. The lowest BCUT2D eigenvalue weighted by atomic mass is 10.1. The predicted octanol–water partition coefficient (Wildman–Crippen LogP) is 6.29. The van der Waals surface area contributed by atoms with Gasteiger partial charge in [-0.3, -0.25) is 4.79 Å². The summed E-state index contributed by atoms with van der Waals surface area (Å²) in [5, 5.41) is 13.2. The number of aromatic nitrogens is 1. The van der Waals surface area contributed by atoms with Gasteiger partial charge in [0, 0.05) is 45.0 Å². The Labute approximate surface area is 161 Å². The zero-order valence-electron chi connectivity index (χ0n) is 15.1. The molecule has 0 amide bonds. The van der Waals surface area contributed by atoms with Crippen molar-refractivity contribution in [3.63, 3.8) is 0 Å². The number of hydrogen-bond donors (Lipinski definition) is 2. The second-order valence-corrected chi connectivity index (χ2v) is 7.19. The van der Waals surface area contributed by atoms with E-state index in [-0.39, 0.29) is 5.78 Å². The molecule has 0 spiro atoms. The molecule has 0 fully saturated rings. The van der Waals surface area contributed by atoms with Crippen LogP contribution in [0.15, 0.2) is 65.5 Å². The van der Waals surface area contributed by atoms with E-state index in [0.29, 0.717) is 5.56 Å². The van der Waals surface area contributed by atoms with Gasteiger partial charge in [0.15, 0.2) is 5.78 Å². The van der Waals surface area contributed by atoms with Gasteiger partial charge in [0.25, 0.3) is 0 Å². The topological polar surface area (TPSA) is 54.0 Å². The number of anilines is 4. The molecule has 2 aromatic carbocycles. The molecule has 27 heavy (non-hydrogen) atoms. The molecule has 4 nitrogen and oxygen atoms in total. The summed E-state index contributed by atoms with van der Waals surface area (Å²) >= 11 is 1.67. The van der Waals surface area contributed by atoms with E-state index in [1.165, 1.54) is 5.56 Å². The van der Waals surface area contributed by atoms with Gasteiger partial charge in [0.1, 0.15) is 5.82 Å². The number of benzene rings is 2. The number of pyridine rings is 1. The Kier molecular flexibility index (Phi) is 4.60. The highest BCUT2D eigenvalue weighted by Gasteiger charge is 2.10. The molecule has 2 aromatic heterocycles. The highest BCUT2D eigenvalue weighted by atomic mass is 32.1. The van der Waals surface area contributed by atoms with Crippen molar-refractivity contribution < 1.29 is 4.79 Å². The molecule has 2 heterocycles. The molecule has 0 aliphatic carbocycles. The molecule has 5 heteroatoms. The lowest BCUT2D eigenvalue weighted by Gasteiger charge is -2.15. The van der Waals surface area contributed by atoms with E-state index < -0.39 is 0 Å². The van der Waals surface area contributed by atoms with Crippen molar-refractivity contribution in [2.75, 3.05) is 10.6 Å². The number of Topliss-reactive ketones (excluding diaryl/α,β-unsaturated/α-hetero) is 1. The van der Waals surface area contributed by atoms with Crippen LogP contribution in [0.3, 0.4) is 0 Å². The average Bonchev–Trinajstić information content (AvgIpc) is 3.18. The third-order valence-corrected chi connectivity index (χ3v) is 5.18. The molecule has 0 saturated heterocycles. The van der Waals surface area contributed by atoms with Crippen LogP contribution in [0.5, 0.6) is 0 Å². The molecular weight excluding hydrogens is 354 g/mol. The monoisotopic (exact) mass is 373 g/mol. The number of hydrogen-bond acceptors (Lipinski definition) is 5. The molecule has 0 radical (unpaired) electrons. The van der Waals surface area contributed by atoms with Gasteiger partial charge in [-0.1, -0.05) is 12.1 Å². The van der Waals surface area contributed by atoms with Gasteiger partial charge in [0.2, 0.25) is 0 Å². The Morgan fingerprint density at radius 3 is 2.44 bits per heavy atom. The quantitative estimate of drug-likeness (QED) is 0.403. The van der Waals surface area contributed by atoms with Crippen molar-refractivity contribution in [1.82, 2.24) is 4.98 Å². The summed E-state index contributed by atoms with van der Waals surface area (Å²) in [7, 11) is 0. The summed E-state index contributed by atoms with van der Waals surface area (Å²) in [5.74, 6) is 0.848. The van der Waals surface area contributed by atoms with Crippen molar-refractivity contribution in [1.29, 1.82) is 0 Å². The van der Waals surface area contributed by atoms with Crippen molar-refractivity contribution in [2.24, 2.45) is 0 Å². The van der Waals surface area contributed by atoms with E-state index in [0.717, 1.165) is 33.7 Å². The van der Waals surface area contributed by atoms with Crippen LogP contribution in [0.1, 0.15) is 22.8 Å². The van der Waals surface area contributed by atoms with Gasteiger partial charge in [-0.2, -0.15) is 11.3 Å². The van der Waals surface area contributed by atoms with Gasteiger partial charge in [-0.05, 0) is 61.2 Å². The van der Waals surface area contributed by atoms with Crippen LogP contribution in [0.2, 0.25) is 0 Å². The zero-order chi connectivity index (χ0) is 18.8. The minimum absolute atomic E-state index is 0.0597. The first-order chi connectivity index (χ1) is 13.1. The van der Waals surface area contributed by atoms with E-state index in [2.05, 4.69) is 51.5 Å². The third-order valence-electron chi connectivity index (χ3n) is 4.50. The Bertz CT molecular complexity index is 1100. The maximum absolute atomic E-state index is 11.5. The van der Waals surface area contributed by atoms with Crippen LogP contribution in [0.25, 0.3) is 10.8 Å². The number of fused-ring (bicyclic) bond motifs is 1. The summed E-state index contributed by atoms with van der Waals surface area (Å²) in [6.45, 7) is 3.67. The molecule has 0 aliphatic rings. The lowest BCUT2D eigenvalue weighted by Crippen LogP contribution is -1.98. The first-order valence-electron chi connectivity index (χ1n) is 8.67. The molecule has 134 valence electrons. The maximum Gasteiger partial charge on any atom is 0.159 e. The standard InChI is InChI=1S/C22H19N3OS/c1-14-3-8-20-19(21(14)24-18-10-12-27-13-18)9-11-23-22(20)25-17-6-4-16(5-7-17)15(2)26/h3-13,24H,1-2H3,(H,23,25). The summed E-state index contributed by atoms with van der Waals surface area (Å²) in [6.07, 6.45) is 1.81. The normalized spacial score (nSPS) is 10.7. The number of aryl methyl sites for hydroxylation is 1. The number of nitrogens with one attached hydrogen (secondary N) is 2.